The smallest absolute Gasteiger partial charge is 0.262 e. The summed E-state index contributed by atoms with van der Waals surface area (Å²) in [6, 6.07) is 11.0. The first kappa shape index (κ1) is 15.2. The fourth-order valence-electron chi connectivity index (χ4n) is 1.99. The van der Waals surface area contributed by atoms with Crippen molar-refractivity contribution in [3.8, 4) is 5.75 Å². The van der Waals surface area contributed by atoms with Crippen molar-refractivity contribution in [2.75, 3.05) is 23.8 Å². The maximum atomic E-state index is 12.6. The van der Waals surface area contributed by atoms with Crippen LogP contribution in [0.5, 0.6) is 5.75 Å². The summed E-state index contributed by atoms with van der Waals surface area (Å²) in [4.78, 5) is 13.9. The van der Waals surface area contributed by atoms with Crippen LogP contribution < -0.4 is 10.6 Å². The van der Waals surface area contributed by atoms with Gasteiger partial charge in [-0.2, -0.15) is 0 Å². The first-order valence-corrected chi connectivity index (χ1v) is 6.68. The molecule has 1 amide bonds. The molecule has 2 rings (SSSR count). The molecule has 0 heterocycles. The van der Waals surface area contributed by atoms with E-state index in [2.05, 4.69) is 0 Å². The Labute approximate surface area is 127 Å². The number of nitrogens with two attached hydrogens (primary N) is 1. The number of halogens is 1. The number of phenolic OH excluding ortho intramolecular Hbond substituents is 1. The van der Waals surface area contributed by atoms with Crippen molar-refractivity contribution >= 4 is 28.9 Å². The number of phenols is 1. The number of benzene rings is 2. The van der Waals surface area contributed by atoms with Crippen molar-refractivity contribution in [2.45, 2.75) is 0 Å². The summed E-state index contributed by atoms with van der Waals surface area (Å²) in [5.74, 6) is -0.663. The standard InChI is InChI=1S/C15H15ClN2O3/c16-10-5-6-14(20)11(9-10)15(21)18(7-8-19)13-4-2-1-3-12(13)17/h1-6,9,19-20H,7-8,17H2. The number of hydrogen-bond donors (Lipinski definition) is 3. The minimum atomic E-state index is -0.484. The number of carbonyl (C=O) groups excluding carboxylic acids is 1. The molecule has 5 nitrogen and oxygen atoms in total. The van der Waals surface area contributed by atoms with Crippen LogP contribution in [-0.2, 0) is 0 Å². The van der Waals surface area contributed by atoms with Crippen LogP contribution in [0, 0.1) is 0 Å². The Kier molecular flexibility index (Phi) is 4.67. The van der Waals surface area contributed by atoms with Crippen LogP contribution in [0.15, 0.2) is 42.5 Å². The third-order valence-corrected chi connectivity index (χ3v) is 3.22. The van der Waals surface area contributed by atoms with Gasteiger partial charge in [-0.25, -0.2) is 0 Å². The van der Waals surface area contributed by atoms with Gasteiger partial charge in [0.2, 0.25) is 0 Å². The molecular weight excluding hydrogens is 292 g/mol. The van der Waals surface area contributed by atoms with E-state index in [9.17, 15) is 15.0 Å². The number of hydrogen-bond acceptors (Lipinski definition) is 4. The van der Waals surface area contributed by atoms with Crippen LogP contribution in [0.1, 0.15) is 10.4 Å². The minimum Gasteiger partial charge on any atom is -0.507 e. The highest BCUT2D eigenvalue weighted by atomic mass is 35.5. The van der Waals surface area contributed by atoms with Gasteiger partial charge >= 0.3 is 0 Å². The van der Waals surface area contributed by atoms with Gasteiger partial charge in [-0.3, -0.25) is 4.79 Å². The van der Waals surface area contributed by atoms with Gasteiger partial charge in [0, 0.05) is 11.6 Å². The number of para-hydroxylation sites is 2. The van der Waals surface area contributed by atoms with Crippen LogP contribution in [-0.4, -0.2) is 29.3 Å². The molecule has 110 valence electrons. The number of anilines is 2. The molecule has 0 aromatic heterocycles. The van der Waals surface area contributed by atoms with Gasteiger partial charge in [0.25, 0.3) is 5.91 Å². The third-order valence-electron chi connectivity index (χ3n) is 2.99. The average molecular weight is 307 g/mol. The Balaban J connectivity index is 2.45. The molecule has 0 aliphatic heterocycles. The van der Waals surface area contributed by atoms with Crippen LogP contribution in [0.2, 0.25) is 5.02 Å². The Morgan fingerprint density at radius 2 is 1.95 bits per heavy atom. The normalized spacial score (nSPS) is 10.4. The molecule has 2 aromatic rings. The predicted octanol–water partition coefficient (Wildman–Crippen LogP) is 2.27. The number of aliphatic hydroxyl groups excluding tert-OH is 1. The van der Waals surface area contributed by atoms with Crippen LogP contribution >= 0.6 is 11.6 Å². The number of nitrogens with zero attached hydrogens (tertiary/aromatic N) is 1. The summed E-state index contributed by atoms with van der Waals surface area (Å²) < 4.78 is 0. The van der Waals surface area contributed by atoms with Crippen molar-refractivity contribution in [3.63, 3.8) is 0 Å². The topological polar surface area (TPSA) is 86.8 Å². The quantitative estimate of drug-likeness (QED) is 0.756. The number of rotatable bonds is 4. The molecule has 0 saturated heterocycles. The number of amides is 1. The maximum Gasteiger partial charge on any atom is 0.262 e. The van der Waals surface area contributed by atoms with Gasteiger partial charge in [-0.15, -0.1) is 0 Å². The van der Waals surface area contributed by atoms with Crippen LogP contribution in [0.4, 0.5) is 11.4 Å². The van der Waals surface area contributed by atoms with E-state index in [1.54, 1.807) is 24.3 Å². The van der Waals surface area contributed by atoms with E-state index in [4.69, 9.17) is 17.3 Å². The van der Waals surface area contributed by atoms with Gasteiger partial charge in [0.15, 0.2) is 0 Å². The first-order chi connectivity index (χ1) is 10.0. The lowest BCUT2D eigenvalue weighted by atomic mass is 10.1. The van der Waals surface area contributed by atoms with E-state index >= 15 is 0 Å². The number of aliphatic hydroxyl groups is 1. The van der Waals surface area contributed by atoms with Crippen molar-refractivity contribution < 1.29 is 15.0 Å². The summed E-state index contributed by atoms with van der Waals surface area (Å²) in [5, 5.41) is 19.4. The van der Waals surface area contributed by atoms with Crippen molar-refractivity contribution in [3.05, 3.63) is 53.1 Å². The van der Waals surface area contributed by atoms with Crippen molar-refractivity contribution in [2.24, 2.45) is 0 Å². The lowest BCUT2D eigenvalue weighted by molar-refractivity contribution is 0.0978. The average Bonchev–Trinajstić information content (AvgIpc) is 2.47. The molecule has 0 fully saturated rings. The van der Waals surface area contributed by atoms with Gasteiger partial charge < -0.3 is 20.8 Å². The lowest BCUT2D eigenvalue weighted by Gasteiger charge is -2.23. The molecule has 6 heteroatoms. The Morgan fingerprint density at radius 3 is 2.62 bits per heavy atom. The SMILES string of the molecule is Nc1ccccc1N(CCO)C(=O)c1cc(Cl)ccc1O. The molecular formula is C15H15ClN2O3. The highest BCUT2D eigenvalue weighted by Gasteiger charge is 2.22. The van der Waals surface area contributed by atoms with Crippen molar-refractivity contribution in [1.29, 1.82) is 0 Å². The Morgan fingerprint density at radius 1 is 1.24 bits per heavy atom. The van der Waals surface area contributed by atoms with E-state index < -0.39 is 5.91 Å². The summed E-state index contributed by atoms with van der Waals surface area (Å²) in [6.45, 7) is -0.180. The van der Waals surface area contributed by atoms with Gasteiger partial charge in [0.05, 0.1) is 23.5 Å². The summed E-state index contributed by atoms with van der Waals surface area (Å²) in [6.07, 6.45) is 0. The number of carbonyl (C=O) groups is 1. The second-order valence-corrected chi connectivity index (χ2v) is 4.84. The fraction of sp³-hybridized carbons (Fsp3) is 0.133. The minimum absolute atomic E-state index is 0.0546. The van der Waals surface area contributed by atoms with Gasteiger partial charge in [-0.1, -0.05) is 23.7 Å². The van der Waals surface area contributed by atoms with Gasteiger partial charge in [-0.05, 0) is 30.3 Å². The summed E-state index contributed by atoms with van der Waals surface area (Å²) >= 11 is 5.86. The fourth-order valence-corrected chi connectivity index (χ4v) is 2.16. The molecule has 2 aromatic carbocycles. The first-order valence-electron chi connectivity index (χ1n) is 6.30. The van der Waals surface area contributed by atoms with E-state index in [-0.39, 0.29) is 24.5 Å². The molecule has 21 heavy (non-hydrogen) atoms. The highest BCUT2D eigenvalue weighted by molar-refractivity contribution is 6.31. The Bertz CT molecular complexity index is 661. The zero-order valence-corrected chi connectivity index (χ0v) is 11.9. The second kappa shape index (κ2) is 6.47. The largest absolute Gasteiger partial charge is 0.507 e. The van der Waals surface area contributed by atoms with Crippen LogP contribution in [0.25, 0.3) is 0 Å². The van der Waals surface area contributed by atoms with Gasteiger partial charge in [0.1, 0.15) is 5.75 Å². The molecule has 0 aliphatic rings. The Hall–Kier alpha value is -2.24. The lowest BCUT2D eigenvalue weighted by Crippen LogP contribution is -2.34. The van der Waals surface area contributed by atoms with Crippen molar-refractivity contribution in [1.82, 2.24) is 0 Å². The monoisotopic (exact) mass is 306 g/mol. The maximum absolute atomic E-state index is 12.6. The highest BCUT2D eigenvalue weighted by Crippen LogP contribution is 2.28. The van der Waals surface area contributed by atoms with Crippen LogP contribution in [0.3, 0.4) is 0 Å². The van der Waals surface area contributed by atoms with E-state index in [0.29, 0.717) is 16.4 Å². The molecule has 0 unspecified atom stereocenters. The predicted molar refractivity (Wildman–Crippen MR) is 82.7 cm³/mol. The molecule has 0 radical (unpaired) electrons. The molecule has 0 spiro atoms. The van der Waals surface area contributed by atoms with E-state index in [1.807, 2.05) is 0 Å². The molecule has 4 N–H and O–H groups in total. The van der Waals surface area contributed by atoms with E-state index in [0.717, 1.165) is 0 Å². The third kappa shape index (κ3) is 3.26. The number of aromatic hydroxyl groups is 1. The molecule has 0 aliphatic carbocycles. The molecule has 0 saturated carbocycles. The molecule has 0 atom stereocenters. The summed E-state index contributed by atoms with van der Waals surface area (Å²) in [5.41, 5.74) is 6.80. The summed E-state index contributed by atoms with van der Waals surface area (Å²) in [7, 11) is 0. The molecule has 0 bridgehead atoms. The van der Waals surface area contributed by atoms with E-state index in [1.165, 1.54) is 23.1 Å². The number of nitrogen functional groups attached to an aromatic ring is 1. The second-order valence-electron chi connectivity index (χ2n) is 4.40. The zero-order chi connectivity index (χ0) is 15.4. The zero-order valence-electron chi connectivity index (χ0n) is 11.2.